The van der Waals surface area contributed by atoms with Gasteiger partial charge in [-0.3, -0.25) is 0 Å². The van der Waals surface area contributed by atoms with Gasteiger partial charge in [0, 0.05) is 6.04 Å². The van der Waals surface area contributed by atoms with Crippen LogP contribution in [-0.2, 0) is 0 Å². The minimum Gasteiger partial charge on any atom is -0.490 e. The van der Waals surface area contributed by atoms with Crippen LogP contribution in [0.1, 0.15) is 37.3 Å². The van der Waals surface area contributed by atoms with E-state index in [1.807, 2.05) is 0 Å². The molecule has 15 heavy (non-hydrogen) atoms. The lowest BCUT2D eigenvalue weighted by atomic mass is 10.1. The lowest BCUT2D eigenvalue weighted by Crippen LogP contribution is -2.12. The van der Waals surface area contributed by atoms with Crippen LogP contribution in [0.25, 0.3) is 0 Å². The predicted octanol–water partition coefficient (Wildman–Crippen LogP) is 2.65. The van der Waals surface area contributed by atoms with E-state index in [0.717, 1.165) is 12.3 Å². The zero-order valence-electron chi connectivity index (χ0n) is 8.91. The van der Waals surface area contributed by atoms with Crippen molar-refractivity contribution in [3.05, 3.63) is 29.8 Å². The van der Waals surface area contributed by atoms with Gasteiger partial charge in [-0.1, -0.05) is 12.1 Å². The summed E-state index contributed by atoms with van der Waals surface area (Å²) in [7, 11) is 0. The van der Waals surface area contributed by atoms with Gasteiger partial charge < -0.3 is 10.1 Å². The van der Waals surface area contributed by atoms with Crippen LogP contribution in [-0.4, -0.2) is 12.6 Å². The minimum atomic E-state index is 0.500. The van der Waals surface area contributed by atoms with Crippen LogP contribution in [0.3, 0.4) is 0 Å². The molecule has 2 aliphatic rings. The summed E-state index contributed by atoms with van der Waals surface area (Å²) in [5.74, 6) is 1.03. The van der Waals surface area contributed by atoms with E-state index in [-0.39, 0.29) is 0 Å². The SMILES string of the molecule is c1cc(C2CCCN2)ccc1OC1CC1. The maximum absolute atomic E-state index is 5.72. The molecule has 1 unspecified atom stereocenters. The van der Waals surface area contributed by atoms with E-state index < -0.39 is 0 Å². The highest BCUT2D eigenvalue weighted by Gasteiger charge is 2.23. The number of hydrogen-bond acceptors (Lipinski definition) is 2. The van der Waals surface area contributed by atoms with Crippen molar-refractivity contribution in [2.24, 2.45) is 0 Å². The van der Waals surface area contributed by atoms with Crippen LogP contribution < -0.4 is 10.1 Å². The van der Waals surface area contributed by atoms with Crippen molar-refractivity contribution in [1.82, 2.24) is 5.32 Å². The van der Waals surface area contributed by atoms with Gasteiger partial charge in [0.2, 0.25) is 0 Å². The van der Waals surface area contributed by atoms with Gasteiger partial charge in [-0.25, -0.2) is 0 Å². The maximum Gasteiger partial charge on any atom is 0.119 e. The van der Waals surface area contributed by atoms with Crippen LogP contribution >= 0.6 is 0 Å². The van der Waals surface area contributed by atoms with Gasteiger partial charge in [0.1, 0.15) is 5.75 Å². The van der Waals surface area contributed by atoms with E-state index in [0.29, 0.717) is 12.1 Å². The van der Waals surface area contributed by atoms with Gasteiger partial charge in [0.05, 0.1) is 6.10 Å². The first-order valence-corrected chi connectivity index (χ1v) is 5.92. The van der Waals surface area contributed by atoms with Crippen LogP contribution in [0, 0.1) is 0 Å². The minimum absolute atomic E-state index is 0.500. The standard InChI is InChI=1S/C13H17NO/c1-2-13(14-9-1)10-3-5-11(6-4-10)15-12-7-8-12/h3-6,12-14H,1-2,7-9H2. The van der Waals surface area contributed by atoms with E-state index in [2.05, 4.69) is 29.6 Å². The van der Waals surface area contributed by atoms with Crippen molar-refractivity contribution >= 4 is 0 Å². The van der Waals surface area contributed by atoms with Crippen LogP contribution in [0.5, 0.6) is 5.75 Å². The molecular formula is C13H17NO. The Morgan fingerprint density at radius 3 is 2.47 bits per heavy atom. The van der Waals surface area contributed by atoms with Crippen LogP contribution in [0.4, 0.5) is 0 Å². The molecule has 1 N–H and O–H groups in total. The zero-order valence-corrected chi connectivity index (χ0v) is 8.91. The van der Waals surface area contributed by atoms with Crippen molar-refractivity contribution in [3.63, 3.8) is 0 Å². The molecule has 1 atom stereocenters. The third-order valence-corrected chi connectivity index (χ3v) is 3.17. The fourth-order valence-electron chi connectivity index (χ4n) is 2.13. The number of hydrogen-bond donors (Lipinski definition) is 1. The summed E-state index contributed by atoms with van der Waals surface area (Å²) in [6, 6.07) is 9.17. The summed E-state index contributed by atoms with van der Waals surface area (Å²) in [6.07, 6.45) is 5.52. The van der Waals surface area contributed by atoms with E-state index in [9.17, 15) is 0 Å². The monoisotopic (exact) mass is 203 g/mol. The van der Waals surface area contributed by atoms with Gasteiger partial charge in [0.25, 0.3) is 0 Å². The molecule has 0 amide bonds. The van der Waals surface area contributed by atoms with Crippen LogP contribution in [0.2, 0.25) is 0 Å². The molecule has 1 aliphatic carbocycles. The summed E-state index contributed by atoms with van der Waals surface area (Å²) in [6.45, 7) is 1.16. The largest absolute Gasteiger partial charge is 0.490 e. The third kappa shape index (κ3) is 2.15. The van der Waals surface area contributed by atoms with E-state index in [1.54, 1.807) is 0 Å². The zero-order chi connectivity index (χ0) is 10.1. The summed E-state index contributed by atoms with van der Waals surface area (Å²) < 4.78 is 5.72. The Bertz CT molecular complexity index is 323. The molecule has 2 heteroatoms. The smallest absolute Gasteiger partial charge is 0.119 e. The lowest BCUT2D eigenvalue weighted by molar-refractivity contribution is 0.303. The molecule has 1 aliphatic heterocycles. The Labute approximate surface area is 90.6 Å². The Morgan fingerprint density at radius 2 is 1.87 bits per heavy atom. The molecule has 1 saturated heterocycles. The van der Waals surface area contributed by atoms with Gasteiger partial charge in [0.15, 0.2) is 0 Å². The Hall–Kier alpha value is -1.02. The molecule has 0 radical (unpaired) electrons. The average molecular weight is 203 g/mol. The topological polar surface area (TPSA) is 21.3 Å². The van der Waals surface area contributed by atoms with E-state index in [4.69, 9.17) is 4.74 Å². The van der Waals surface area contributed by atoms with E-state index >= 15 is 0 Å². The molecular weight excluding hydrogens is 186 g/mol. The summed E-state index contributed by atoms with van der Waals surface area (Å²) in [5, 5.41) is 3.50. The highest BCUT2D eigenvalue weighted by atomic mass is 16.5. The second-order valence-electron chi connectivity index (χ2n) is 4.54. The quantitative estimate of drug-likeness (QED) is 0.815. The summed E-state index contributed by atoms with van der Waals surface area (Å²) in [4.78, 5) is 0. The molecule has 1 aromatic rings. The predicted molar refractivity (Wildman–Crippen MR) is 60.1 cm³/mol. The molecule has 1 aromatic carbocycles. The molecule has 2 fully saturated rings. The third-order valence-electron chi connectivity index (χ3n) is 3.17. The van der Waals surface area contributed by atoms with Crippen LogP contribution in [0.15, 0.2) is 24.3 Å². The second kappa shape index (κ2) is 3.86. The van der Waals surface area contributed by atoms with Crippen molar-refractivity contribution in [3.8, 4) is 5.75 Å². The van der Waals surface area contributed by atoms with Gasteiger partial charge in [-0.2, -0.15) is 0 Å². The normalized spacial score (nSPS) is 25.5. The molecule has 0 aromatic heterocycles. The van der Waals surface area contributed by atoms with Gasteiger partial charge in [-0.15, -0.1) is 0 Å². The number of nitrogens with one attached hydrogen (secondary N) is 1. The second-order valence-corrected chi connectivity index (χ2v) is 4.54. The lowest BCUT2D eigenvalue weighted by Gasteiger charge is -2.11. The molecule has 0 bridgehead atoms. The molecule has 2 nitrogen and oxygen atoms in total. The molecule has 3 rings (SSSR count). The average Bonchev–Trinajstić information content (AvgIpc) is 2.92. The number of rotatable bonds is 3. The van der Waals surface area contributed by atoms with Crippen molar-refractivity contribution in [2.75, 3.05) is 6.54 Å². The van der Waals surface area contributed by atoms with Crippen molar-refractivity contribution in [1.29, 1.82) is 0 Å². The number of benzene rings is 1. The fourth-order valence-corrected chi connectivity index (χ4v) is 2.13. The van der Waals surface area contributed by atoms with Gasteiger partial charge >= 0.3 is 0 Å². The molecule has 1 saturated carbocycles. The Kier molecular flexibility index (Phi) is 2.37. The van der Waals surface area contributed by atoms with Crippen molar-refractivity contribution < 1.29 is 4.74 Å². The number of ether oxygens (including phenoxy) is 1. The fraction of sp³-hybridized carbons (Fsp3) is 0.538. The molecule has 80 valence electrons. The Balaban J connectivity index is 1.68. The van der Waals surface area contributed by atoms with Crippen molar-refractivity contribution in [2.45, 2.75) is 37.8 Å². The van der Waals surface area contributed by atoms with E-state index in [1.165, 1.54) is 31.2 Å². The first kappa shape index (κ1) is 9.22. The molecule has 0 spiro atoms. The highest BCUT2D eigenvalue weighted by Crippen LogP contribution is 2.29. The highest BCUT2D eigenvalue weighted by molar-refractivity contribution is 5.30. The Morgan fingerprint density at radius 1 is 1.07 bits per heavy atom. The first-order chi connectivity index (χ1) is 7.42. The summed E-state index contributed by atoms with van der Waals surface area (Å²) >= 11 is 0. The first-order valence-electron chi connectivity index (χ1n) is 5.92. The molecule has 1 heterocycles. The summed E-state index contributed by atoms with van der Waals surface area (Å²) in [5.41, 5.74) is 1.40. The maximum atomic E-state index is 5.72. The van der Waals surface area contributed by atoms with Gasteiger partial charge in [-0.05, 0) is 49.9 Å².